The number of carboxylic acids is 1. The minimum absolute atomic E-state index is 0.0000845. The van der Waals surface area contributed by atoms with Crippen LogP contribution in [0.2, 0.25) is 0 Å². The first-order valence-corrected chi connectivity index (χ1v) is 8.58. The van der Waals surface area contributed by atoms with Crippen molar-refractivity contribution >= 4 is 35.0 Å². The lowest BCUT2D eigenvalue weighted by molar-refractivity contribution is -0.138. The quantitative estimate of drug-likeness (QED) is 0.923. The fourth-order valence-corrected chi connectivity index (χ4v) is 3.96. The Morgan fingerprint density at radius 1 is 1.55 bits per heavy atom. The summed E-state index contributed by atoms with van der Waals surface area (Å²) >= 11 is 3.18. The van der Waals surface area contributed by atoms with E-state index < -0.39 is 5.97 Å². The second-order valence-electron chi connectivity index (χ2n) is 5.05. The Kier molecular flexibility index (Phi) is 5.04. The normalized spacial score (nSPS) is 19.4. The van der Waals surface area contributed by atoms with Crippen LogP contribution in [0, 0.1) is 0 Å². The van der Waals surface area contributed by atoms with Gasteiger partial charge in [-0.05, 0) is 0 Å². The van der Waals surface area contributed by atoms with Crippen LogP contribution < -0.4 is 0 Å². The van der Waals surface area contributed by atoms with E-state index in [1.165, 1.54) is 11.3 Å². The Morgan fingerprint density at radius 2 is 2.30 bits per heavy atom. The maximum atomic E-state index is 12.5. The third-order valence-electron chi connectivity index (χ3n) is 3.13. The Balaban J connectivity index is 2.13. The first-order chi connectivity index (χ1) is 9.49. The third kappa shape index (κ3) is 3.52. The highest BCUT2D eigenvalue weighted by Crippen LogP contribution is 2.24. The van der Waals surface area contributed by atoms with Gasteiger partial charge in [-0.2, -0.15) is 11.8 Å². The molecular weight excluding hydrogens is 296 g/mol. The van der Waals surface area contributed by atoms with E-state index in [0.717, 1.165) is 10.8 Å². The standard InChI is InChI=1S/C13H18N2O3S2/c1-8(2)12-14-10(7-20-12)13(18)15-3-4-19-6-9(15)5-11(16)17/h7-9H,3-6H2,1-2H3,(H,16,17). The van der Waals surface area contributed by atoms with Crippen LogP contribution in [0.4, 0.5) is 0 Å². The molecular formula is C13H18N2O3S2. The lowest BCUT2D eigenvalue weighted by Gasteiger charge is -2.34. The molecule has 1 saturated heterocycles. The lowest BCUT2D eigenvalue weighted by Crippen LogP contribution is -2.47. The number of nitrogens with zero attached hydrogens (tertiary/aromatic N) is 2. The minimum atomic E-state index is -0.864. The second kappa shape index (κ2) is 6.58. The second-order valence-corrected chi connectivity index (χ2v) is 7.09. The number of aromatic nitrogens is 1. The van der Waals surface area contributed by atoms with Gasteiger partial charge in [0.2, 0.25) is 0 Å². The van der Waals surface area contributed by atoms with Gasteiger partial charge in [0.1, 0.15) is 5.69 Å². The number of carbonyl (C=O) groups excluding carboxylic acids is 1. The Hall–Kier alpha value is -1.08. The van der Waals surface area contributed by atoms with Gasteiger partial charge in [-0.15, -0.1) is 11.3 Å². The van der Waals surface area contributed by atoms with Crippen LogP contribution in [-0.4, -0.2) is 51.0 Å². The molecule has 7 heteroatoms. The summed E-state index contributed by atoms with van der Waals surface area (Å²) in [6, 6.07) is -0.233. The molecule has 2 rings (SSSR count). The van der Waals surface area contributed by atoms with Crippen molar-refractivity contribution in [3.05, 3.63) is 16.1 Å². The van der Waals surface area contributed by atoms with Crippen molar-refractivity contribution in [2.75, 3.05) is 18.1 Å². The molecule has 1 atom stereocenters. The highest BCUT2D eigenvalue weighted by atomic mass is 32.2. The summed E-state index contributed by atoms with van der Waals surface area (Å²) < 4.78 is 0. The fourth-order valence-electron chi connectivity index (χ4n) is 2.09. The van der Waals surface area contributed by atoms with Gasteiger partial charge < -0.3 is 10.0 Å². The molecule has 1 unspecified atom stereocenters. The van der Waals surface area contributed by atoms with E-state index in [-0.39, 0.29) is 18.4 Å². The molecule has 1 aromatic rings. The van der Waals surface area contributed by atoms with Gasteiger partial charge >= 0.3 is 5.97 Å². The van der Waals surface area contributed by atoms with E-state index in [1.54, 1.807) is 22.0 Å². The Labute approximate surface area is 126 Å². The molecule has 5 nitrogen and oxygen atoms in total. The fraction of sp³-hybridized carbons (Fsp3) is 0.615. The predicted octanol–water partition coefficient (Wildman–Crippen LogP) is 2.30. The highest BCUT2D eigenvalue weighted by molar-refractivity contribution is 7.99. The van der Waals surface area contributed by atoms with Crippen molar-refractivity contribution in [2.24, 2.45) is 0 Å². The molecule has 1 amide bonds. The Bertz CT molecular complexity index is 502. The van der Waals surface area contributed by atoms with Crippen LogP contribution in [0.5, 0.6) is 0 Å². The van der Waals surface area contributed by atoms with Crippen molar-refractivity contribution in [2.45, 2.75) is 32.2 Å². The number of rotatable bonds is 4. The zero-order valence-electron chi connectivity index (χ0n) is 11.5. The summed E-state index contributed by atoms with van der Waals surface area (Å²) in [5.74, 6) is 0.826. The summed E-state index contributed by atoms with van der Waals surface area (Å²) in [7, 11) is 0. The summed E-state index contributed by atoms with van der Waals surface area (Å²) in [6.45, 7) is 4.67. The van der Waals surface area contributed by atoms with Gasteiger partial charge in [-0.1, -0.05) is 13.8 Å². The van der Waals surface area contributed by atoms with E-state index >= 15 is 0 Å². The number of hydrogen-bond donors (Lipinski definition) is 1. The van der Waals surface area contributed by atoms with Gasteiger partial charge in [0.15, 0.2) is 0 Å². The molecule has 0 aromatic carbocycles. The zero-order valence-corrected chi connectivity index (χ0v) is 13.2. The molecule has 2 heterocycles. The zero-order chi connectivity index (χ0) is 14.7. The van der Waals surface area contributed by atoms with E-state index in [9.17, 15) is 9.59 Å². The van der Waals surface area contributed by atoms with Gasteiger partial charge in [0.25, 0.3) is 5.91 Å². The SMILES string of the molecule is CC(C)c1nc(C(=O)N2CCSCC2CC(=O)O)cs1. The van der Waals surface area contributed by atoms with Crippen molar-refractivity contribution in [1.29, 1.82) is 0 Å². The molecule has 0 aliphatic carbocycles. The molecule has 1 aromatic heterocycles. The highest BCUT2D eigenvalue weighted by Gasteiger charge is 2.30. The number of amides is 1. The van der Waals surface area contributed by atoms with Gasteiger partial charge in [-0.3, -0.25) is 9.59 Å². The number of carboxylic acid groups (broad SMARTS) is 1. The summed E-state index contributed by atoms with van der Waals surface area (Å²) in [4.78, 5) is 29.4. The number of thiazole rings is 1. The van der Waals surface area contributed by atoms with E-state index in [2.05, 4.69) is 4.98 Å². The van der Waals surface area contributed by atoms with Gasteiger partial charge in [0.05, 0.1) is 17.5 Å². The Morgan fingerprint density at radius 3 is 2.90 bits per heavy atom. The molecule has 1 N–H and O–H groups in total. The van der Waals surface area contributed by atoms with Gasteiger partial charge in [0, 0.05) is 29.3 Å². The number of carbonyl (C=O) groups is 2. The van der Waals surface area contributed by atoms with Crippen molar-refractivity contribution in [3.8, 4) is 0 Å². The maximum absolute atomic E-state index is 12.5. The molecule has 0 saturated carbocycles. The van der Waals surface area contributed by atoms with Crippen LogP contribution in [0.3, 0.4) is 0 Å². The molecule has 110 valence electrons. The predicted molar refractivity (Wildman–Crippen MR) is 80.6 cm³/mol. The summed E-state index contributed by atoms with van der Waals surface area (Å²) in [5, 5.41) is 11.7. The molecule has 1 aliphatic heterocycles. The molecule has 0 spiro atoms. The van der Waals surface area contributed by atoms with Gasteiger partial charge in [-0.25, -0.2) is 4.98 Å². The molecule has 1 fully saturated rings. The monoisotopic (exact) mass is 314 g/mol. The largest absolute Gasteiger partial charge is 0.481 e. The topological polar surface area (TPSA) is 70.5 Å². The van der Waals surface area contributed by atoms with Crippen LogP contribution in [-0.2, 0) is 4.79 Å². The maximum Gasteiger partial charge on any atom is 0.305 e. The van der Waals surface area contributed by atoms with Crippen molar-refractivity contribution in [3.63, 3.8) is 0 Å². The summed E-state index contributed by atoms with van der Waals surface area (Å²) in [6.07, 6.45) is -0.0000845. The first-order valence-electron chi connectivity index (χ1n) is 6.55. The third-order valence-corrected chi connectivity index (χ3v) is 5.37. The van der Waals surface area contributed by atoms with Crippen molar-refractivity contribution < 1.29 is 14.7 Å². The lowest BCUT2D eigenvalue weighted by atomic mass is 10.2. The van der Waals surface area contributed by atoms with Crippen LogP contribution >= 0.6 is 23.1 Å². The van der Waals surface area contributed by atoms with Crippen LogP contribution in [0.1, 0.15) is 41.7 Å². The molecule has 20 heavy (non-hydrogen) atoms. The molecule has 0 bridgehead atoms. The number of aliphatic carboxylic acids is 1. The average Bonchev–Trinajstić information content (AvgIpc) is 2.87. The first kappa shape index (κ1) is 15.3. The molecule has 0 radical (unpaired) electrons. The van der Waals surface area contributed by atoms with E-state index in [0.29, 0.717) is 23.9 Å². The van der Waals surface area contributed by atoms with Crippen LogP contribution in [0.15, 0.2) is 5.38 Å². The van der Waals surface area contributed by atoms with Crippen LogP contribution in [0.25, 0.3) is 0 Å². The van der Waals surface area contributed by atoms with E-state index in [4.69, 9.17) is 5.11 Å². The smallest absolute Gasteiger partial charge is 0.305 e. The molecule has 1 aliphatic rings. The van der Waals surface area contributed by atoms with Crippen molar-refractivity contribution in [1.82, 2.24) is 9.88 Å². The minimum Gasteiger partial charge on any atom is -0.481 e. The summed E-state index contributed by atoms with van der Waals surface area (Å²) in [5.41, 5.74) is 0.445. The average molecular weight is 314 g/mol. The number of hydrogen-bond acceptors (Lipinski definition) is 5. The number of thioether (sulfide) groups is 1. The van der Waals surface area contributed by atoms with E-state index in [1.807, 2.05) is 13.8 Å².